The van der Waals surface area contributed by atoms with Gasteiger partial charge in [0.2, 0.25) is 0 Å². The van der Waals surface area contributed by atoms with Gasteiger partial charge in [-0.1, -0.05) is 90.5 Å². The van der Waals surface area contributed by atoms with Gasteiger partial charge in [0.05, 0.1) is 28.5 Å². The summed E-state index contributed by atoms with van der Waals surface area (Å²) >= 11 is 6.67. The quantitative estimate of drug-likeness (QED) is 0.235. The van der Waals surface area contributed by atoms with Gasteiger partial charge in [0.25, 0.3) is 11.8 Å². The molecule has 2 amide bonds. The van der Waals surface area contributed by atoms with E-state index in [-0.39, 0.29) is 16.8 Å². The van der Waals surface area contributed by atoms with Crippen LogP contribution in [0.2, 0.25) is 5.02 Å². The minimum absolute atomic E-state index is 0.220. The van der Waals surface area contributed by atoms with E-state index in [4.69, 9.17) is 11.6 Å². The molecule has 40 heavy (non-hydrogen) atoms. The van der Waals surface area contributed by atoms with E-state index in [1.165, 1.54) is 0 Å². The van der Waals surface area contributed by atoms with Crippen LogP contribution in [0.15, 0.2) is 121 Å². The van der Waals surface area contributed by atoms with Crippen molar-refractivity contribution >= 4 is 46.2 Å². The van der Waals surface area contributed by atoms with E-state index in [2.05, 4.69) is 10.6 Å². The number of fused-ring (bicyclic) bond motifs is 2. The normalized spacial score (nSPS) is 12.0. The summed E-state index contributed by atoms with van der Waals surface area (Å²) in [6.07, 6.45) is 0.647. The van der Waals surface area contributed by atoms with Gasteiger partial charge in [-0.05, 0) is 65.6 Å². The third kappa shape index (κ3) is 5.20. The van der Waals surface area contributed by atoms with Gasteiger partial charge in [-0.25, -0.2) is 0 Å². The molecule has 1 heterocycles. The highest BCUT2D eigenvalue weighted by Crippen LogP contribution is 2.37. The molecular formula is C34H26ClN3O2. The molecule has 0 aromatic heterocycles. The highest BCUT2D eigenvalue weighted by molar-refractivity contribution is 6.35. The molecule has 0 bridgehead atoms. The minimum atomic E-state index is -0.231. The summed E-state index contributed by atoms with van der Waals surface area (Å²) in [6.45, 7) is 0.395. The van der Waals surface area contributed by atoms with E-state index in [1.54, 1.807) is 23.1 Å². The first-order chi connectivity index (χ1) is 19.6. The van der Waals surface area contributed by atoms with Crippen molar-refractivity contribution in [3.63, 3.8) is 0 Å². The van der Waals surface area contributed by atoms with Crippen molar-refractivity contribution in [3.05, 3.63) is 154 Å². The molecule has 0 spiro atoms. The number of benzene rings is 5. The lowest BCUT2D eigenvalue weighted by atomic mass is 9.99. The van der Waals surface area contributed by atoms with Crippen molar-refractivity contribution in [2.45, 2.75) is 13.0 Å². The molecular weight excluding hydrogens is 518 g/mol. The molecule has 0 radical (unpaired) electrons. The average Bonchev–Trinajstić information content (AvgIpc) is 3.15. The summed E-state index contributed by atoms with van der Waals surface area (Å²) < 4.78 is 0. The number of carbonyl (C=O) groups is 2. The zero-order chi connectivity index (χ0) is 27.5. The molecule has 5 nitrogen and oxygen atoms in total. The Morgan fingerprint density at radius 2 is 1.45 bits per heavy atom. The second-order valence-electron chi connectivity index (χ2n) is 9.66. The first-order valence-electron chi connectivity index (χ1n) is 13.1. The van der Waals surface area contributed by atoms with Crippen molar-refractivity contribution < 1.29 is 9.59 Å². The number of rotatable bonds is 5. The van der Waals surface area contributed by atoms with Gasteiger partial charge in [-0.3, -0.25) is 9.59 Å². The third-order valence-corrected chi connectivity index (χ3v) is 7.32. The summed E-state index contributed by atoms with van der Waals surface area (Å²) in [6, 6.07) is 38.3. The largest absolute Gasteiger partial charge is 0.354 e. The van der Waals surface area contributed by atoms with Gasteiger partial charge < -0.3 is 15.5 Å². The Kier molecular flexibility index (Phi) is 7.04. The van der Waals surface area contributed by atoms with Gasteiger partial charge in [-0.15, -0.1) is 0 Å². The second-order valence-corrected chi connectivity index (χ2v) is 10.1. The van der Waals surface area contributed by atoms with Gasteiger partial charge in [0.15, 0.2) is 0 Å². The Morgan fingerprint density at radius 1 is 0.750 bits per heavy atom. The fourth-order valence-corrected chi connectivity index (χ4v) is 5.26. The van der Waals surface area contributed by atoms with Crippen LogP contribution in [-0.4, -0.2) is 11.8 Å². The van der Waals surface area contributed by atoms with E-state index in [0.717, 1.165) is 33.8 Å². The molecule has 0 fully saturated rings. The number of halogens is 1. The van der Waals surface area contributed by atoms with Crippen LogP contribution >= 0.6 is 11.6 Å². The molecule has 2 N–H and O–H groups in total. The zero-order valence-electron chi connectivity index (χ0n) is 21.6. The molecule has 6 rings (SSSR count). The van der Waals surface area contributed by atoms with E-state index in [0.29, 0.717) is 29.8 Å². The predicted octanol–water partition coefficient (Wildman–Crippen LogP) is 8.09. The van der Waals surface area contributed by atoms with Crippen molar-refractivity contribution in [1.29, 1.82) is 0 Å². The lowest BCUT2D eigenvalue weighted by molar-refractivity contribution is 0.0984. The molecule has 0 aliphatic carbocycles. The number of nitrogens with one attached hydrogen (secondary N) is 2. The molecule has 0 saturated heterocycles. The Hall–Kier alpha value is -4.87. The number of hydrogen-bond acceptors (Lipinski definition) is 3. The highest BCUT2D eigenvalue weighted by atomic mass is 35.5. The highest BCUT2D eigenvalue weighted by Gasteiger charge is 2.26. The van der Waals surface area contributed by atoms with Crippen molar-refractivity contribution in [1.82, 2.24) is 0 Å². The van der Waals surface area contributed by atoms with Crippen LogP contribution in [0.1, 0.15) is 37.4 Å². The Morgan fingerprint density at radius 3 is 2.27 bits per heavy atom. The van der Waals surface area contributed by atoms with Crippen LogP contribution in [0, 0.1) is 0 Å². The first kappa shape index (κ1) is 25.4. The summed E-state index contributed by atoms with van der Waals surface area (Å²) in [4.78, 5) is 28.8. The maximum atomic E-state index is 13.8. The van der Waals surface area contributed by atoms with E-state index in [9.17, 15) is 9.59 Å². The van der Waals surface area contributed by atoms with E-state index < -0.39 is 0 Å². The predicted molar refractivity (Wildman–Crippen MR) is 162 cm³/mol. The van der Waals surface area contributed by atoms with Gasteiger partial charge in [-0.2, -0.15) is 0 Å². The van der Waals surface area contributed by atoms with Crippen molar-refractivity contribution in [2.24, 2.45) is 0 Å². The minimum Gasteiger partial charge on any atom is -0.354 e. The number of nitrogens with zero attached hydrogens (tertiary/aromatic N) is 1. The molecule has 5 aromatic rings. The lowest BCUT2D eigenvalue weighted by Crippen LogP contribution is -2.30. The van der Waals surface area contributed by atoms with Gasteiger partial charge in [0, 0.05) is 16.9 Å². The third-order valence-electron chi connectivity index (χ3n) is 7.01. The Balaban J connectivity index is 1.25. The summed E-state index contributed by atoms with van der Waals surface area (Å²) in [7, 11) is 0. The van der Waals surface area contributed by atoms with Crippen LogP contribution in [0.3, 0.4) is 0 Å². The average molecular weight is 544 g/mol. The molecule has 6 heteroatoms. The maximum absolute atomic E-state index is 13.8. The molecule has 196 valence electrons. The van der Waals surface area contributed by atoms with Crippen LogP contribution in [0.5, 0.6) is 0 Å². The molecule has 0 saturated carbocycles. The Bertz CT molecular complexity index is 1720. The lowest BCUT2D eigenvalue weighted by Gasteiger charge is -2.23. The van der Waals surface area contributed by atoms with E-state index >= 15 is 0 Å². The number of amides is 2. The van der Waals surface area contributed by atoms with Crippen molar-refractivity contribution in [3.8, 4) is 0 Å². The van der Waals surface area contributed by atoms with Crippen LogP contribution < -0.4 is 15.5 Å². The molecule has 5 aromatic carbocycles. The molecule has 1 aliphatic heterocycles. The summed E-state index contributed by atoms with van der Waals surface area (Å²) in [5, 5.41) is 6.66. The number of anilines is 4. The first-order valence-corrected chi connectivity index (χ1v) is 13.4. The number of carbonyl (C=O) groups excluding carboxylic acids is 2. The van der Waals surface area contributed by atoms with Crippen LogP contribution in [0.25, 0.3) is 0 Å². The van der Waals surface area contributed by atoms with Crippen LogP contribution in [0.4, 0.5) is 22.7 Å². The SMILES string of the molecule is O=C(Nc1ccc(C(=O)N2Cc3ccccc3Nc3ccccc32)c(Cl)c1)c1ccccc1Cc1ccccc1. The summed E-state index contributed by atoms with van der Waals surface area (Å²) in [5.74, 6) is -0.451. The van der Waals surface area contributed by atoms with Crippen molar-refractivity contribution in [2.75, 3.05) is 15.5 Å². The number of para-hydroxylation sites is 3. The van der Waals surface area contributed by atoms with E-state index in [1.807, 2.05) is 103 Å². The standard InChI is InChI=1S/C34H26ClN3O2/c35-29-21-26(36-33(39)27-14-6-4-12-24(27)20-23-10-2-1-3-11-23)18-19-28(29)34(40)38-22-25-13-5-7-15-30(25)37-31-16-8-9-17-32(31)38/h1-19,21,37H,20,22H2,(H,36,39). The van der Waals surface area contributed by atoms with Crippen LogP contribution in [-0.2, 0) is 13.0 Å². The topological polar surface area (TPSA) is 61.4 Å². The second kappa shape index (κ2) is 11.1. The fourth-order valence-electron chi connectivity index (χ4n) is 5.00. The monoisotopic (exact) mass is 543 g/mol. The number of hydrogen-bond donors (Lipinski definition) is 2. The smallest absolute Gasteiger partial charge is 0.260 e. The summed E-state index contributed by atoms with van der Waals surface area (Å²) in [5.41, 5.74) is 7.10. The zero-order valence-corrected chi connectivity index (χ0v) is 22.4. The molecule has 1 aliphatic rings. The van der Waals surface area contributed by atoms with Gasteiger partial charge in [0.1, 0.15) is 0 Å². The molecule has 0 unspecified atom stereocenters. The Labute approximate surface area is 238 Å². The molecule has 0 atom stereocenters. The van der Waals surface area contributed by atoms with Gasteiger partial charge >= 0.3 is 0 Å². The fraction of sp³-hybridized carbons (Fsp3) is 0.0588. The maximum Gasteiger partial charge on any atom is 0.260 e.